The highest BCUT2D eigenvalue weighted by atomic mass is 15.0. The minimum atomic E-state index is 0.0796. The Morgan fingerprint density at radius 3 is 2.68 bits per heavy atom. The summed E-state index contributed by atoms with van der Waals surface area (Å²) in [6, 6.07) is 17.5. The van der Waals surface area contributed by atoms with Gasteiger partial charge in [-0.1, -0.05) is 49.7 Å². The number of nitrogens with zero attached hydrogens (tertiary/aromatic N) is 1. The lowest BCUT2D eigenvalue weighted by Crippen LogP contribution is -2.41. The molecular weight excluding hydrogens is 418 g/mol. The van der Waals surface area contributed by atoms with Crippen molar-refractivity contribution in [1.82, 2.24) is 15.3 Å². The molecule has 0 amide bonds. The maximum absolute atomic E-state index is 6.53. The average molecular weight is 456 g/mol. The van der Waals surface area contributed by atoms with E-state index in [0.717, 1.165) is 50.7 Å². The molecule has 1 aliphatic carbocycles. The number of benzene rings is 2. The van der Waals surface area contributed by atoms with Crippen LogP contribution >= 0.6 is 0 Å². The second kappa shape index (κ2) is 10.6. The van der Waals surface area contributed by atoms with Crippen molar-refractivity contribution >= 4 is 27.5 Å². The summed E-state index contributed by atoms with van der Waals surface area (Å²) in [6.45, 7) is 3.97. The van der Waals surface area contributed by atoms with E-state index < -0.39 is 0 Å². The summed E-state index contributed by atoms with van der Waals surface area (Å²) in [5, 5.41) is 10.1. The molecular formula is C29H37N5. The van der Waals surface area contributed by atoms with Crippen LogP contribution in [0.4, 0.5) is 5.69 Å². The van der Waals surface area contributed by atoms with Crippen molar-refractivity contribution < 1.29 is 0 Å². The van der Waals surface area contributed by atoms with Crippen molar-refractivity contribution in [2.24, 2.45) is 5.73 Å². The number of aromatic amines is 1. The van der Waals surface area contributed by atoms with E-state index in [1.54, 1.807) is 0 Å². The lowest BCUT2D eigenvalue weighted by Gasteiger charge is -2.26. The lowest BCUT2D eigenvalue weighted by atomic mass is 9.92. The standard InChI is InChI=1S/C29H37N5/c1-2-9-22(19-31-18-21(30)16-20-17-32-26-13-6-3-10-23(20)26)33-29-24-11-4-7-14-27(24)34-28-15-8-5-12-25(28)29/h3-4,6-7,10-11,13-14,17,21-22,31-32H,2,5,8-9,12,15-16,18-19,30H2,1H3,(H,33,34). The smallest absolute Gasteiger partial charge is 0.0726 e. The van der Waals surface area contributed by atoms with E-state index in [4.69, 9.17) is 10.7 Å². The number of hydrogen-bond acceptors (Lipinski definition) is 4. The molecule has 1 aliphatic rings. The molecule has 0 spiro atoms. The Morgan fingerprint density at radius 1 is 1.00 bits per heavy atom. The molecule has 0 bridgehead atoms. The normalized spacial score (nSPS) is 15.4. The zero-order valence-electron chi connectivity index (χ0n) is 20.2. The van der Waals surface area contributed by atoms with Gasteiger partial charge in [0.15, 0.2) is 0 Å². The Bertz CT molecular complexity index is 1240. The summed E-state index contributed by atoms with van der Waals surface area (Å²) in [4.78, 5) is 8.36. The first-order valence-electron chi connectivity index (χ1n) is 12.9. The third kappa shape index (κ3) is 4.96. The minimum absolute atomic E-state index is 0.0796. The topological polar surface area (TPSA) is 78.8 Å². The molecule has 2 heterocycles. The molecule has 5 rings (SSSR count). The summed E-state index contributed by atoms with van der Waals surface area (Å²) in [5.41, 5.74) is 14.1. The van der Waals surface area contributed by atoms with Gasteiger partial charge in [-0.2, -0.15) is 0 Å². The monoisotopic (exact) mass is 455 g/mol. The Kier molecular flexibility index (Phi) is 7.12. The third-order valence-corrected chi connectivity index (χ3v) is 7.11. The van der Waals surface area contributed by atoms with Crippen LogP contribution in [0.1, 0.15) is 49.4 Å². The fourth-order valence-electron chi connectivity index (χ4n) is 5.41. The largest absolute Gasteiger partial charge is 0.380 e. The number of aryl methyl sites for hydroxylation is 1. The number of fused-ring (bicyclic) bond motifs is 3. The summed E-state index contributed by atoms with van der Waals surface area (Å²) in [5.74, 6) is 0. The summed E-state index contributed by atoms with van der Waals surface area (Å²) >= 11 is 0. The van der Waals surface area contributed by atoms with Gasteiger partial charge in [0.05, 0.1) is 5.52 Å². The van der Waals surface area contributed by atoms with E-state index >= 15 is 0 Å². The summed E-state index contributed by atoms with van der Waals surface area (Å²) in [7, 11) is 0. The number of H-pyrrole nitrogens is 1. The molecule has 0 saturated carbocycles. The highest BCUT2D eigenvalue weighted by molar-refractivity contribution is 5.93. The zero-order valence-corrected chi connectivity index (χ0v) is 20.2. The molecule has 34 heavy (non-hydrogen) atoms. The van der Waals surface area contributed by atoms with Gasteiger partial charge in [-0.05, 0) is 61.8 Å². The molecule has 2 aromatic heterocycles. The zero-order chi connectivity index (χ0) is 23.3. The van der Waals surface area contributed by atoms with Crippen molar-refractivity contribution in [3.8, 4) is 0 Å². The Morgan fingerprint density at radius 2 is 1.79 bits per heavy atom. The van der Waals surface area contributed by atoms with Gasteiger partial charge in [-0.25, -0.2) is 0 Å². The number of hydrogen-bond donors (Lipinski definition) is 4. The summed E-state index contributed by atoms with van der Waals surface area (Å²) in [6.07, 6.45) is 9.94. The maximum atomic E-state index is 6.53. The van der Waals surface area contributed by atoms with E-state index in [1.165, 1.54) is 51.6 Å². The van der Waals surface area contributed by atoms with Crippen LogP contribution in [0, 0.1) is 0 Å². The second-order valence-corrected chi connectivity index (χ2v) is 9.75. The van der Waals surface area contributed by atoms with Gasteiger partial charge in [-0.15, -0.1) is 0 Å². The predicted octanol–water partition coefficient (Wildman–Crippen LogP) is 5.34. The minimum Gasteiger partial charge on any atom is -0.380 e. The molecule has 5 heteroatoms. The van der Waals surface area contributed by atoms with Crippen molar-refractivity contribution in [2.45, 2.75) is 64.0 Å². The molecule has 0 fully saturated rings. The number of rotatable bonds is 10. The van der Waals surface area contributed by atoms with E-state index in [9.17, 15) is 0 Å². The van der Waals surface area contributed by atoms with Crippen LogP contribution < -0.4 is 16.4 Å². The highest BCUT2D eigenvalue weighted by Crippen LogP contribution is 2.34. The van der Waals surface area contributed by atoms with Gasteiger partial charge in [-0.3, -0.25) is 4.98 Å². The number of aromatic nitrogens is 2. The maximum Gasteiger partial charge on any atom is 0.0726 e. The van der Waals surface area contributed by atoms with Crippen LogP contribution in [-0.4, -0.2) is 35.1 Å². The fraction of sp³-hybridized carbons (Fsp3) is 0.414. The van der Waals surface area contributed by atoms with E-state index in [1.807, 2.05) is 0 Å². The van der Waals surface area contributed by atoms with Crippen molar-refractivity contribution in [3.05, 3.63) is 71.5 Å². The first-order valence-corrected chi connectivity index (χ1v) is 12.9. The average Bonchev–Trinajstić information content (AvgIpc) is 3.26. The lowest BCUT2D eigenvalue weighted by molar-refractivity contribution is 0.524. The Hall–Kier alpha value is -2.89. The molecule has 5 nitrogen and oxygen atoms in total. The van der Waals surface area contributed by atoms with Gasteiger partial charge < -0.3 is 21.4 Å². The number of nitrogens with two attached hydrogens (primary N) is 1. The quantitative estimate of drug-likeness (QED) is 0.260. The number of anilines is 1. The van der Waals surface area contributed by atoms with Crippen LogP contribution in [0.2, 0.25) is 0 Å². The first kappa shape index (κ1) is 22.9. The van der Waals surface area contributed by atoms with E-state index in [-0.39, 0.29) is 6.04 Å². The van der Waals surface area contributed by atoms with E-state index in [0.29, 0.717) is 6.04 Å². The highest BCUT2D eigenvalue weighted by Gasteiger charge is 2.20. The molecule has 2 atom stereocenters. The molecule has 0 saturated heterocycles. The molecule has 2 aromatic carbocycles. The third-order valence-electron chi connectivity index (χ3n) is 7.11. The molecule has 5 N–H and O–H groups in total. The van der Waals surface area contributed by atoms with E-state index in [2.05, 4.69) is 77.3 Å². The second-order valence-electron chi connectivity index (χ2n) is 9.75. The van der Waals surface area contributed by atoms with Crippen LogP contribution in [0.5, 0.6) is 0 Å². The Balaban J connectivity index is 1.25. The summed E-state index contributed by atoms with van der Waals surface area (Å²) < 4.78 is 0. The number of nitrogens with one attached hydrogen (secondary N) is 3. The van der Waals surface area contributed by atoms with Gasteiger partial charge in [0.2, 0.25) is 0 Å². The van der Waals surface area contributed by atoms with Crippen molar-refractivity contribution in [1.29, 1.82) is 0 Å². The van der Waals surface area contributed by atoms with Crippen LogP contribution in [0.25, 0.3) is 21.8 Å². The molecule has 4 aromatic rings. The SMILES string of the molecule is CCCC(CNCC(N)Cc1c[nH]c2ccccc12)Nc1c2c(nc3ccccc13)CCCC2. The first-order chi connectivity index (χ1) is 16.7. The fourth-order valence-corrected chi connectivity index (χ4v) is 5.41. The van der Waals surface area contributed by atoms with Gasteiger partial charge in [0, 0.05) is 59.0 Å². The van der Waals surface area contributed by atoms with Crippen molar-refractivity contribution in [2.75, 3.05) is 18.4 Å². The van der Waals surface area contributed by atoms with Gasteiger partial charge >= 0.3 is 0 Å². The Labute approximate surface area is 202 Å². The molecule has 0 aliphatic heterocycles. The molecule has 0 radical (unpaired) electrons. The molecule has 2 unspecified atom stereocenters. The van der Waals surface area contributed by atoms with Crippen molar-refractivity contribution in [3.63, 3.8) is 0 Å². The predicted molar refractivity (Wildman–Crippen MR) is 144 cm³/mol. The van der Waals surface area contributed by atoms with Gasteiger partial charge in [0.1, 0.15) is 0 Å². The number of pyridine rings is 1. The van der Waals surface area contributed by atoms with Gasteiger partial charge in [0.25, 0.3) is 0 Å². The van der Waals surface area contributed by atoms with Crippen LogP contribution in [0.15, 0.2) is 54.7 Å². The number of para-hydroxylation sites is 2. The van der Waals surface area contributed by atoms with Crippen LogP contribution in [0.3, 0.4) is 0 Å². The van der Waals surface area contributed by atoms with Crippen LogP contribution in [-0.2, 0) is 19.3 Å². The molecule has 178 valence electrons.